The third kappa shape index (κ3) is 1.75. The zero-order chi connectivity index (χ0) is 10.1. The van der Waals surface area contributed by atoms with Crippen LogP contribution in [0.4, 0.5) is 0 Å². The number of rotatable bonds is 1. The summed E-state index contributed by atoms with van der Waals surface area (Å²) >= 11 is 0. The van der Waals surface area contributed by atoms with Gasteiger partial charge in [0.1, 0.15) is 5.82 Å². The van der Waals surface area contributed by atoms with E-state index in [4.69, 9.17) is 4.74 Å². The van der Waals surface area contributed by atoms with Gasteiger partial charge in [0.2, 0.25) is 0 Å². The largest absolute Gasteiger partial charge is 0.381 e. The van der Waals surface area contributed by atoms with Crippen LogP contribution in [-0.4, -0.2) is 29.7 Å². The molecule has 2 aliphatic rings. The number of ether oxygens (including phenoxy) is 1. The molecule has 0 aromatic carbocycles. The van der Waals surface area contributed by atoms with E-state index < -0.39 is 0 Å². The van der Waals surface area contributed by atoms with Crippen molar-refractivity contribution < 1.29 is 4.74 Å². The molecule has 0 saturated carbocycles. The van der Waals surface area contributed by atoms with E-state index in [-0.39, 0.29) is 0 Å². The summed E-state index contributed by atoms with van der Waals surface area (Å²) in [4.78, 5) is 9.10. The maximum Gasteiger partial charge on any atom is 0.134 e. The second kappa shape index (κ2) is 3.87. The van der Waals surface area contributed by atoms with Gasteiger partial charge in [-0.05, 0) is 24.9 Å². The van der Waals surface area contributed by atoms with E-state index >= 15 is 0 Å². The Morgan fingerprint density at radius 3 is 3.33 bits per heavy atom. The molecule has 4 heteroatoms. The molecule has 0 aliphatic carbocycles. The van der Waals surface area contributed by atoms with E-state index in [1.54, 1.807) is 0 Å². The fourth-order valence-electron chi connectivity index (χ4n) is 2.18. The van der Waals surface area contributed by atoms with Crippen molar-refractivity contribution in [3.63, 3.8) is 0 Å². The highest BCUT2D eigenvalue weighted by atomic mass is 16.5. The first-order chi connectivity index (χ1) is 7.43. The van der Waals surface area contributed by atoms with E-state index in [0.29, 0.717) is 5.92 Å². The number of aromatic nitrogens is 2. The highest BCUT2D eigenvalue weighted by Gasteiger charge is 2.22. The van der Waals surface area contributed by atoms with Crippen LogP contribution in [0.15, 0.2) is 6.20 Å². The highest BCUT2D eigenvalue weighted by molar-refractivity contribution is 5.21. The Bertz CT molecular complexity index is 361. The zero-order valence-corrected chi connectivity index (χ0v) is 8.70. The van der Waals surface area contributed by atoms with Gasteiger partial charge in [-0.1, -0.05) is 0 Å². The average molecular weight is 205 g/mol. The molecule has 15 heavy (non-hydrogen) atoms. The lowest BCUT2D eigenvalue weighted by atomic mass is 10.1. The minimum atomic E-state index is 0.414. The monoisotopic (exact) mass is 205 g/mol. The first kappa shape index (κ1) is 9.24. The minimum Gasteiger partial charge on any atom is -0.381 e. The van der Waals surface area contributed by atoms with Crippen molar-refractivity contribution >= 4 is 0 Å². The lowest BCUT2D eigenvalue weighted by Crippen LogP contribution is -2.25. The summed E-state index contributed by atoms with van der Waals surface area (Å²) in [7, 11) is 0. The first-order valence-electron chi connectivity index (χ1n) is 5.56. The number of nitrogens with one attached hydrogen (secondary N) is 1. The molecule has 0 radical (unpaired) electrons. The van der Waals surface area contributed by atoms with Crippen molar-refractivity contribution in [1.29, 1.82) is 0 Å². The summed E-state index contributed by atoms with van der Waals surface area (Å²) in [5.41, 5.74) is 2.48. The fraction of sp³-hybridized carbons (Fsp3) is 0.636. The lowest BCUT2D eigenvalue weighted by molar-refractivity contribution is 0.193. The predicted molar refractivity (Wildman–Crippen MR) is 55.6 cm³/mol. The summed E-state index contributed by atoms with van der Waals surface area (Å²) in [6.07, 6.45) is 4.11. The molecule has 80 valence electrons. The van der Waals surface area contributed by atoms with Gasteiger partial charge < -0.3 is 10.1 Å². The number of hydrogen-bond donors (Lipinski definition) is 1. The van der Waals surface area contributed by atoms with E-state index in [2.05, 4.69) is 15.3 Å². The lowest BCUT2D eigenvalue weighted by Gasteiger charge is -2.17. The normalized spacial score (nSPS) is 25.2. The van der Waals surface area contributed by atoms with Gasteiger partial charge >= 0.3 is 0 Å². The van der Waals surface area contributed by atoms with Crippen molar-refractivity contribution in [3.05, 3.63) is 23.3 Å². The number of fused-ring (bicyclic) bond motifs is 1. The van der Waals surface area contributed by atoms with Crippen LogP contribution < -0.4 is 5.32 Å². The molecule has 0 amide bonds. The molecular formula is C11H15N3O. The zero-order valence-electron chi connectivity index (χ0n) is 8.70. The molecule has 1 N–H and O–H groups in total. The van der Waals surface area contributed by atoms with Gasteiger partial charge in [-0.15, -0.1) is 0 Å². The van der Waals surface area contributed by atoms with Crippen molar-refractivity contribution in [1.82, 2.24) is 15.3 Å². The minimum absolute atomic E-state index is 0.414. The van der Waals surface area contributed by atoms with E-state index in [9.17, 15) is 0 Å². The molecule has 1 saturated heterocycles. The van der Waals surface area contributed by atoms with Gasteiger partial charge in [0.25, 0.3) is 0 Å². The summed E-state index contributed by atoms with van der Waals surface area (Å²) in [6.45, 7) is 3.57. The average Bonchev–Trinajstić information content (AvgIpc) is 2.82. The molecule has 0 spiro atoms. The van der Waals surface area contributed by atoms with Gasteiger partial charge in [0.05, 0.1) is 12.3 Å². The van der Waals surface area contributed by atoms with Gasteiger partial charge in [-0.25, -0.2) is 9.97 Å². The summed E-state index contributed by atoms with van der Waals surface area (Å²) < 4.78 is 5.36. The fourth-order valence-corrected chi connectivity index (χ4v) is 2.18. The first-order valence-corrected chi connectivity index (χ1v) is 5.56. The van der Waals surface area contributed by atoms with Crippen LogP contribution in [0.3, 0.4) is 0 Å². The van der Waals surface area contributed by atoms with E-state index in [0.717, 1.165) is 45.0 Å². The molecule has 2 aliphatic heterocycles. The van der Waals surface area contributed by atoms with E-state index in [1.165, 1.54) is 11.3 Å². The van der Waals surface area contributed by atoms with Crippen molar-refractivity contribution in [3.8, 4) is 0 Å². The molecule has 1 aromatic rings. The highest BCUT2D eigenvalue weighted by Crippen LogP contribution is 2.23. The van der Waals surface area contributed by atoms with Gasteiger partial charge in [-0.3, -0.25) is 0 Å². The van der Waals surface area contributed by atoms with Crippen LogP contribution in [-0.2, 0) is 17.7 Å². The second-order valence-corrected chi connectivity index (χ2v) is 4.19. The molecule has 1 aromatic heterocycles. The topological polar surface area (TPSA) is 47.0 Å². The number of hydrogen-bond acceptors (Lipinski definition) is 4. The smallest absolute Gasteiger partial charge is 0.134 e. The van der Waals surface area contributed by atoms with Gasteiger partial charge in [-0.2, -0.15) is 0 Å². The summed E-state index contributed by atoms with van der Waals surface area (Å²) in [5, 5.41) is 3.34. The quantitative estimate of drug-likeness (QED) is 0.730. The Morgan fingerprint density at radius 2 is 2.47 bits per heavy atom. The third-order valence-corrected chi connectivity index (χ3v) is 3.13. The van der Waals surface area contributed by atoms with Crippen LogP contribution in [0.25, 0.3) is 0 Å². The molecule has 1 unspecified atom stereocenters. The number of nitrogens with zero attached hydrogens (tertiary/aromatic N) is 2. The Balaban J connectivity index is 1.89. The van der Waals surface area contributed by atoms with Crippen molar-refractivity contribution in [2.24, 2.45) is 0 Å². The molecular weight excluding hydrogens is 190 g/mol. The SMILES string of the molecule is c1nc(C2CCOC2)nc2c1CCNC2. The molecule has 4 nitrogen and oxygen atoms in total. The molecule has 3 heterocycles. The molecule has 0 bridgehead atoms. The molecule has 1 fully saturated rings. The van der Waals surface area contributed by atoms with E-state index in [1.807, 2.05) is 6.20 Å². The van der Waals surface area contributed by atoms with Crippen LogP contribution in [0, 0.1) is 0 Å². The second-order valence-electron chi connectivity index (χ2n) is 4.19. The predicted octanol–water partition coefficient (Wildman–Crippen LogP) is 0.626. The maximum atomic E-state index is 5.36. The molecule has 3 rings (SSSR count). The maximum absolute atomic E-state index is 5.36. The van der Waals surface area contributed by atoms with Crippen molar-refractivity contribution in [2.45, 2.75) is 25.3 Å². The van der Waals surface area contributed by atoms with Crippen LogP contribution in [0.5, 0.6) is 0 Å². The standard InChI is InChI=1S/C11H15N3O/c1-3-12-6-10-8(1)5-13-11(14-10)9-2-4-15-7-9/h5,9,12H,1-4,6-7H2. The Morgan fingerprint density at radius 1 is 1.47 bits per heavy atom. The van der Waals surface area contributed by atoms with Gasteiger partial charge in [0.15, 0.2) is 0 Å². The Kier molecular flexibility index (Phi) is 2.38. The Labute approximate surface area is 89.1 Å². The third-order valence-electron chi connectivity index (χ3n) is 3.13. The Hall–Kier alpha value is -1.00. The summed E-state index contributed by atoms with van der Waals surface area (Å²) in [6, 6.07) is 0. The van der Waals surface area contributed by atoms with Crippen LogP contribution in [0.2, 0.25) is 0 Å². The van der Waals surface area contributed by atoms with Crippen LogP contribution in [0.1, 0.15) is 29.4 Å². The summed E-state index contributed by atoms with van der Waals surface area (Å²) in [5.74, 6) is 1.38. The van der Waals surface area contributed by atoms with Crippen LogP contribution >= 0.6 is 0 Å². The molecule has 1 atom stereocenters. The van der Waals surface area contributed by atoms with Crippen molar-refractivity contribution in [2.75, 3.05) is 19.8 Å². The van der Waals surface area contributed by atoms with Gasteiger partial charge in [0, 0.05) is 25.3 Å².